The molecule has 0 aliphatic carbocycles. The molecule has 0 amide bonds. The van der Waals surface area contributed by atoms with Crippen LogP contribution in [0.25, 0.3) is 22.8 Å². The Morgan fingerprint density at radius 2 is 2.05 bits per heavy atom. The van der Waals surface area contributed by atoms with E-state index in [1.807, 2.05) is 13.0 Å². The number of benzene rings is 1. The number of aryl methyl sites for hydroxylation is 1. The summed E-state index contributed by atoms with van der Waals surface area (Å²) in [5.41, 5.74) is 7.25. The lowest BCUT2D eigenvalue weighted by Gasteiger charge is -1.93. The van der Waals surface area contributed by atoms with Gasteiger partial charge in [-0.25, -0.2) is 0 Å². The van der Waals surface area contributed by atoms with Crippen molar-refractivity contribution in [2.45, 2.75) is 6.92 Å². The van der Waals surface area contributed by atoms with Crippen LogP contribution >= 0.6 is 11.3 Å². The van der Waals surface area contributed by atoms with Gasteiger partial charge in [0.05, 0.1) is 15.5 Å². The van der Waals surface area contributed by atoms with Gasteiger partial charge in [0.25, 0.3) is 11.6 Å². The molecule has 0 fully saturated rings. The maximum Gasteiger partial charge on any atom is 0.269 e. The van der Waals surface area contributed by atoms with Crippen LogP contribution < -0.4 is 5.73 Å². The third kappa shape index (κ3) is 2.48. The maximum absolute atomic E-state index is 10.6. The average Bonchev–Trinajstić information content (AvgIpc) is 3.05. The fraction of sp³-hybridized carbons (Fsp3) is 0.0769. The van der Waals surface area contributed by atoms with E-state index in [1.165, 1.54) is 23.5 Å². The van der Waals surface area contributed by atoms with Gasteiger partial charge in [-0.05, 0) is 25.1 Å². The summed E-state index contributed by atoms with van der Waals surface area (Å²) in [6, 6.07) is 7.83. The second kappa shape index (κ2) is 4.98. The molecule has 7 nitrogen and oxygen atoms in total. The van der Waals surface area contributed by atoms with Gasteiger partial charge in [-0.3, -0.25) is 10.1 Å². The van der Waals surface area contributed by atoms with Gasteiger partial charge in [-0.2, -0.15) is 4.98 Å². The fourth-order valence-electron chi connectivity index (χ4n) is 1.88. The van der Waals surface area contributed by atoms with Gasteiger partial charge in [0.1, 0.15) is 0 Å². The average molecular weight is 302 g/mol. The first-order valence-corrected chi connectivity index (χ1v) is 6.81. The number of hydrogen-bond donors (Lipinski definition) is 1. The molecular weight excluding hydrogens is 292 g/mol. The number of thiophene rings is 1. The number of nitrogens with two attached hydrogens (primary N) is 1. The SMILES string of the molecule is Cc1cc(-c2nc(-c3ccc([N+](=O)[O-])cc3)no2)c(N)s1. The van der Waals surface area contributed by atoms with Gasteiger partial charge in [0, 0.05) is 22.6 Å². The molecule has 0 bridgehead atoms. The highest BCUT2D eigenvalue weighted by molar-refractivity contribution is 7.16. The minimum atomic E-state index is -0.458. The molecule has 21 heavy (non-hydrogen) atoms. The normalized spacial score (nSPS) is 10.7. The van der Waals surface area contributed by atoms with E-state index in [0.717, 1.165) is 4.88 Å². The third-order valence-electron chi connectivity index (χ3n) is 2.88. The highest BCUT2D eigenvalue weighted by Gasteiger charge is 2.15. The Kier molecular flexibility index (Phi) is 3.15. The molecule has 0 atom stereocenters. The molecule has 0 unspecified atom stereocenters. The lowest BCUT2D eigenvalue weighted by Crippen LogP contribution is -1.88. The molecule has 2 N–H and O–H groups in total. The number of nitrogen functional groups attached to an aromatic ring is 1. The van der Waals surface area contributed by atoms with Crippen molar-refractivity contribution in [2.75, 3.05) is 5.73 Å². The van der Waals surface area contributed by atoms with Crippen LogP contribution in [0.15, 0.2) is 34.9 Å². The summed E-state index contributed by atoms with van der Waals surface area (Å²) in [7, 11) is 0. The third-order valence-corrected chi connectivity index (χ3v) is 3.76. The molecule has 0 radical (unpaired) electrons. The zero-order valence-corrected chi connectivity index (χ0v) is 11.8. The van der Waals surface area contributed by atoms with E-state index in [2.05, 4.69) is 10.1 Å². The highest BCUT2D eigenvalue weighted by Crippen LogP contribution is 2.33. The van der Waals surface area contributed by atoms with Crippen LogP contribution in [0.3, 0.4) is 0 Å². The topological polar surface area (TPSA) is 108 Å². The molecule has 2 aromatic heterocycles. The fourth-order valence-corrected chi connectivity index (χ4v) is 2.66. The highest BCUT2D eigenvalue weighted by atomic mass is 32.1. The van der Waals surface area contributed by atoms with Gasteiger partial charge >= 0.3 is 0 Å². The van der Waals surface area contributed by atoms with Gasteiger partial charge in [-0.15, -0.1) is 11.3 Å². The monoisotopic (exact) mass is 302 g/mol. The van der Waals surface area contributed by atoms with Crippen molar-refractivity contribution in [1.82, 2.24) is 10.1 Å². The van der Waals surface area contributed by atoms with Crippen LogP contribution in [0.4, 0.5) is 10.7 Å². The Morgan fingerprint density at radius 1 is 1.33 bits per heavy atom. The summed E-state index contributed by atoms with van der Waals surface area (Å²) in [6.45, 7) is 1.94. The molecule has 0 spiro atoms. The van der Waals surface area contributed by atoms with Crippen LogP contribution in [0.5, 0.6) is 0 Å². The minimum Gasteiger partial charge on any atom is -0.390 e. The van der Waals surface area contributed by atoms with E-state index < -0.39 is 4.92 Å². The molecule has 0 aliphatic heterocycles. The molecule has 106 valence electrons. The number of hydrogen-bond acceptors (Lipinski definition) is 7. The smallest absolute Gasteiger partial charge is 0.269 e. The van der Waals surface area contributed by atoms with E-state index in [0.29, 0.717) is 27.8 Å². The molecule has 1 aromatic carbocycles. The van der Waals surface area contributed by atoms with Crippen LogP contribution in [0.1, 0.15) is 4.88 Å². The number of anilines is 1. The minimum absolute atomic E-state index is 0.0140. The first kappa shape index (κ1) is 13.3. The van der Waals surface area contributed by atoms with Gasteiger partial charge in [0.15, 0.2) is 0 Å². The molecule has 8 heteroatoms. The summed E-state index contributed by atoms with van der Waals surface area (Å²) in [6.07, 6.45) is 0. The van der Waals surface area contributed by atoms with E-state index in [9.17, 15) is 10.1 Å². The summed E-state index contributed by atoms with van der Waals surface area (Å²) in [4.78, 5) is 15.5. The Morgan fingerprint density at radius 3 is 2.62 bits per heavy atom. The van der Waals surface area contributed by atoms with Crippen molar-refractivity contribution in [2.24, 2.45) is 0 Å². The predicted molar refractivity (Wildman–Crippen MR) is 78.9 cm³/mol. The van der Waals surface area contributed by atoms with Crippen LogP contribution in [-0.2, 0) is 0 Å². The summed E-state index contributed by atoms with van der Waals surface area (Å²) in [5, 5.41) is 15.1. The van der Waals surface area contributed by atoms with E-state index in [4.69, 9.17) is 10.3 Å². The second-order valence-electron chi connectivity index (χ2n) is 4.36. The molecule has 0 saturated heterocycles. The Balaban J connectivity index is 1.94. The van der Waals surface area contributed by atoms with E-state index in [-0.39, 0.29) is 5.69 Å². The zero-order valence-electron chi connectivity index (χ0n) is 10.9. The van der Waals surface area contributed by atoms with Crippen molar-refractivity contribution >= 4 is 22.0 Å². The standard InChI is InChI=1S/C13H10N4O3S/c1-7-6-10(11(14)21-7)13-15-12(16-20-13)8-2-4-9(5-3-8)17(18)19/h2-6H,14H2,1H3. The van der Waals surface area contributed by atoms with Crippen LogP contribution in [-0.4, -0.2) is 15.1 Å². The Labute approximate surface area is 123 Å². The number of aromatic nitrogens is 2. The number of rotatable bonds is 3. The molecule has 0 aliphatic rings. The molecule has 0 saturated carbocycles. The largest absolute Gasteiger partial charge is 0.390 e. The van der Waals surface area contributed by atoms with Crippen LogP contribution in [0.2, 0.25) is 0 Å². The number of nitro groups is 1. The predicted octanol–water partition coefficient (Wildman–Crippen LogP) is 3.26. The van der Waals surface area contributed by atoms with Crippen molar-refractivity contribution < 1.29 is 9.45 Å². The molecule has 3 rings (SSSR count). The number of nitro benzene ring substituents is 1. The number of non-ortho nitro benzene ring substituents is 1. The maximum atomic E-state index is 10.6. The van der Waals surface area contributed by atoms with Gasteiger partial charge in [-0.1, -0.05) is 5.16 Å². The zero-order chi connectivity index (χ0) is 15.0. The van der Waals surface area contributed by atoms with Crippen LogP contribution in [0, 0.1) is 17.0 Å². The Bertz CT molecular complexity index is 807. The van der Waals surface area contributed by atoms with Crippen molar-refractivity contribution in [3.05, 3.63) is 45.3 Å². The molecule has 2 heterocycles. The van der Waals surface area contributed by atoms with Crippen molar-refractivity contribution in [3.8, 4) is 22.8 Å². The second-order valence-corrected chi connectivity index (χ2v) is 5.65. The summed E-state index contributed by atoms with van der Waals surface area (Å²) >= 11 is 1.45. The lowest BCUT2D eigenvalue weighted by molar-refractivity contribution is -0.384. The first-order valence-electron chi connectivity index (χ1n) is 5.99. The molecule has 3 aromatic rings. The van der Waals surface area contributed by atoms with E-state index in [1.54, 1.807) is 12.1 Å². The summed E-state index contributed by atoms with van der Waals surface area (Å²) in [5.74, 6) is 0.702. The van der Waals surface area contributed by atoms with Crippen molar-refractivity contribution in [1.29, 1.82) is 0 Å². The van der Waals surface area contributed by atoms with Crippen molar-refractivity contribution in [3.63, 3.8) is 0 Å². The quantitative estimate of drug-likeness (QED) is 0.587. The van der Waals surface area contributed by atoms with Gasteiger partial charge in [0.2, 0.25) is 5.82 Å². The number of nitrogens with zero attached hydrogens (tertiary/aromatic N) is 3. The first-order chi connectivity index (χ1) is 10.0. The lowest BCUT2D eigenvalue weighted by atomic mass is 10.2. The van der Waals surface area contributed by atoms with Gasteiger partial charge < -0.3 is 10.3 Å². The molecular formula is C13H10N4O3S. The summed E-state index contributed by atoms with van der Waals surface area (Å²) < 4.78 is 5.21. The van der Waals surface area contributed by atoms with E-state index >= 15 is 0 Å². The Hall–Kier alpha value is -2.74.